The number of halogens is 1. The van der Waals surface area contributed by atoms with E-state index < -0.39 is 5.79 Å². The molecule has 0 aliphatic carbocycles. The fourth-order valence-electron chi connectivity index (χ4n) is 2.69. The third-order valence-electron chi connectivity index (χ3n) is 3.89. The Balaban J connectivity index is 1.79. The Kier molecular flexibility index (Phi) is 4.87. The van der Waals surface area contributed by atoms with Gasteiger partial charge in [-0.3, -0.25) is 10.8 Å². The molecule has 2 aliphatic rings. The van der Waals surface area contributed by atoms with Gasteiger partial charge in [0.2, 0.25) is 17.6 Å². The Hall–Kier alpha value is -2.25. The molecular weight excluding hydrogens is 344 g/mol. The molecule has 0 aromatic heterocycles. The molecule has 2 aliphatic heterocycles. The van der Waals surface area contributed by atoms with Crippen LogP contribution in [0.3, 0.4) is 0 Å². The summed E-state index contributed by atoms with van der Waals surface area (Å²) in [6.45, 7) is 6.24. The Morgan fingerprint density at radius 1 is 1.16 bits per heavy atom. The van der Waals surface area contributed by atoms with E-state index in [2.05, 4.69) is 10.2 Å². The number of morpholine rings is 1. The number of anilines is 2. The topological polar surface area (TPSA) is 90.7 Å². The van der Waals surface area contributed by atoms with Gasteiger partial charge in [-0.25, -0.2) is 0 Å². The van der Waals surface area contributed by atoms with Crippen molar-refractivity contribution in [3.63, 3.8) is 0 Å². The third-order valence-corrected chi connectivity index (χ3v) is 4.28. The molecule has 25 heavy (non-hydrogen) atoms. The molecule has 3 N–H and O–H groups in total. The first-order valence-electron chi connectivity index (χ1n) is 8.01. The lowest BCUT2D eigenvalue weighted by atomic mass is 10.2. The van der Waals surface area contributed by atoms with E-state index in [0.717, 1.165) is 18.8 Å². The van der Waals surface area contributed by atoms with Crippen LogP contribution in [0.1, 0.15) is 13.8 Å². The molecule has 3 rings (SSSR count). The number of hydrogen-bond donors (Lipinski definition) is 3. The predicted octanol–water partition coefficient (Wildman–Crippen LogP) is 3.21. The van der Waals surface area contributed by atoms with E-state index in [-0.39, 0.29) is 17.4 Å². The summed E-state index contributed by atoms with van der Waals surface area (Å²) in [5.74, 6) is -1.25. The van der Waals surface area contributed by atoms with E-state index in [4.69, 9.17) is 36.6 Å². The molecule has 0 atom stereocenters. The van der Waals surface area contributed by atoms with Crippen LogP contribution >= 0.6 is 11.6 Å². The quantitative estimate of drug-likeness (QED) is 0.766. The number of rotatable bonds is 3. The van der Waals surface area contributed by atoms with E-state index >= 15 is 0 Å². The molecule has 0 bridgehead atoms. The highest BCUT2D eigenvalue weighted by molar-refractivity contribution is 6.36. The van der Waals surface area contributed by atoms with Crippen molar-refractivity contribution in [1.82, 2.24) is 0 Å². The van der Waals surface area contributed by atoms with Crippen molar-refractivity contribution in [2.45, 2.75) is 19.6 Å². The van der Waals surface area contributed by atoms with Crippen molar-refractivity contribution >= 4 is 34.8 Å². The third kappa shape index (κ3) is 3.88. The molecule has 7 nitrogen and oxygen atoms in total. The molecule has 2 saturated heterocycles. The van der Waals surface area contributed by atoms with Crippen LogP contribution in [0.4, 0.5) is 11.4 Å². The van der Waals surface area contributed by atoms with Crippen molar-refractivity contribution in [2.75, 3.05) is 36.5 Å². The van der Waals surface area contributed by atoms with Crippen LogP contribution in [0.15, 0.2) is 30.0 Å². The van der Waals surface area contributed by atoms with E-state index in [1.807, 2.05) is 18.2 Å². The standard InChI is InChI=1S/C17H21ClN4O3/c1-17(2)24-15(19)11(16(20)25-17)10-21-12-4-3-5-13(14(12)18)22-6-8-23-9-7-22/h3-5,10,19-21H,6-9H2,1-2H3. The molecule has 8 heteroatoms. The lowest BCUT2D eigenvalue weighted by molar-refractivity contribution is -0.110. The van der Waals surface area contributed by atoms with Gasteiger partial charge in [0.1, 0.15) is 5.57 Å². The summed E-state index contributed by atoms with van der Waals surface area (Å²) in [5, 5.41) is 19.5. The van der Waals surface area contributed by atoms with E-state index in [1.54, 1.807) is 13.8 Å². The SMILES string of the molecule is CC1(C)OC(=N)C(=CNc2cccc(N3CCOCC3)c2Cl)C(=N)O1. The van der Waals surface area contributed by atoms with Gasteiger partial charge in [0, 0.05) is 33.1 Å². The molecule has 0 spiro atoms. The summed E-state index contributed by atoms with van der Waals surface area (Å²) in [6, 6.07) is 5.71. The highest BCUT2D eigenvalue weighted by atomic mass is 35.5. The predicted molar refractivity (Wildman–Crippen MR) is 97.9 cm³/mol. The molecule has 1 aromatic carbocycles. The van der Waals surface area contributed by atoms with Crippen LogP contribution < -0.4 is 10.2 Å². The van der Waals surface area contributed by atoms with Crippen molar-refractivity contribution in [1.29, 1.82) is 10.8 Å². The molecule has 2 heterocycles. The molecular formula is C17H21ClN4O3. The van der Waals surface area contributed by atoms with Crippen LogP contribution in [0.25, 0.3) is 0 Å². The number of benzene rings is 1. The lowest BCUT2D eigenvalue weighted by Crippen LogP contribution is -2.41. The Bertz CT molecular complexity index is 705. The van der Waals surface area contributed by atoms with Gasteiger partial charge in [0.25, 0.3) is 0 Å². The molecule has 0 saturated carbocycles. The van der Waals surface area contributed by atoms with Gasteiger partial charge < -0.3 is 24.4 Å². The summed E-state index contributed by atoms with van der Waals surface area (Å²) >= 11 is 6.53. The zero-order chi connectivity index (χ0) is 18.0. The summed E-state index contributed by atoms with van der Waals surface area (Å²) in [7, 11) is 0. The smallest absolute Gasteiger partial charge is 0.249 e. The maximum atomic E-state index is 7.95. The minimum Gasteiger partial charge on any atom is -0.435 e. The number of nitrogens with zero attached hydrogens (tertiary/aromatic N) is 1. The molecule has 0 unspecified atom stereocenters. The molecule has 1 aromatic rings. The molecule has 2 fully saturated rings. The Morgan fingerprint density at radius 3 is 2.44 bits per heavy atom. The summed E-state index contributed by atoms with van der Waals surface area (Å²) in [4.78, 5) is 2.17. The second-order valence-electron chi connectivity index (χ2n) is 6.20. The number of hydrogen-bond acceptors (Lipinski definition) is 7. The van der Waals surface area contributed by atoms with Gasteiger partial charge in [-0.05, 0) is 12.1 Å². The second kappa shape index (κ2) is 6.93. The molecule has 0 amide bonds. The van der Waals surface area contributed by atoms with Gasteiger partial charge in [0.15, 0.2) is 0 Å². The number of ether oxygens (including phenoxy) is 3. The monoisotopic (exact) mass is 364 g/mol. The first-order chi connectivity index (χ1) is 11.9. The molecule has 134 valence electrons. The second-order valence-corrected chi connectivity index (χ2v) is 6.58. The first kappa shape index (κ1) is 17.6. The fraction of sp³-hybridized carbons (Fsp3) is 0.412. The van der Waals surface area contributed by atoms with Gasteiger partial charge in [-0.15, -0.1) is 0 Å². The van der Waals surface area contributed by atoms with Crippen LogP contribution in [-0.4, -0.2) is 43.9 Å². The van der Waals surface area contributed by atoms with Crippen molar-refractivity contribution in [2.24, 2.45) is 0 Å². The lowest BCUT2D eigenvalue weighted by Gasteiger charge is -2.33. The van der Waals surface area contributed by atoms with Gasteiger partial charge >= 0.3 is 0 Å². The first-order valence-corrected chi connectivity index (χ1v) is 8.39. The summed E-state index contributed by atoms with van der Waals surface area (Å²) < 4.78 is 16.1. The average molecular weight is 365 g/mol. The van der Waals surface area contributed by atoms with Gasteiger partial charge in [0.05, 0.1) is 29.6 Å². The minimum atomic E-state index is -1.01. The summed E-state index contributed by atoms with van der Waals surface area (Å²) in [5.41, 5.74) is 1.84. The highest BCUT2D eigenvalue weighted by Crippen LogP contribution is 2.33. The summed E-state index contributed by atoms with van der Waals surface area (Å²) in [6.07, 6.45) is 1.50. The van der Waals surface area contributed by atoms with Crippen molar-refractivity contribution < 1.29 is 14.2 Å². The van der Waals surface area contributed by atoms with E-state index in [9.17, 15) is 0 Å². The number of nitrogens with one attached hydrogen (secondary N) is 3. The van der Waals surface area contributed by atoms with Crippen LogP contribution in [0, 0.1) is 10.8 Å². The van der Waals surface area contributed by atoms with E-state index in [1.165, 1.54) is 6.20 Å². The van der Waals surface area contributed by atoms with Gasteiger partial charge in [-0.1, -0.05) is 17.7 Å². The van der Waals surface area contributed by atoms with Crippen LogP contribution in [-0.2, 0) is 14.2 Å². The van der Waals surface area contributed by atoms with Crippen LogP contribution in [0.2, 0.25) is 5.02 Å². The zero-order valence-corrected chi connectivity index (χ0v) is 14.9. The van der Waals surface area contributed by atoms with Gasteiger partial charge in [-0.2, -0.15) is 0 Å². The molecule has 0 radical (unpaired) electrons. The normalized spacial score (nSPS) is 20.0. The largest absolute Gasteiger partial charge is 0.435 e. The zero-order valence-electron chi connectivity index (χ0n) is 14.2. The van der Waals surface area contributed by atoms with Crippen LogP contribution in [0.5, 0.6) is 0 Å². The minimum absolute atomic E-state index is 0.116. The maximum Gasteiger partial charge on any atom is 0.249 e. The van der Waals surface area contributed by atoms with Crippen molar-refractivity contribution in [3.05, 3.63) is 35.0 Å². The average Bonchev–Trinajstić information content (AvgIpc) is 2.55. The van der Waals surface area contributed by atoms with Crippen molar-refractivity contribution in [3.8, 4) is 0 Å². The Labute approximate surface area is 151 Å². The van der Waals surface area contributed by atoms with E-state index in [0.29, 0.717) is 23.9 Å². The Morgan fingerprint density at radius 2 is 1.80 bits per heavy atom. The highest BCUT2D eigenvalue weighted by Gasteiger charge is 2.34. The fourth-order valence-corrected chi connectivity index (χ4v) is 2.99. The maximum absolute atomic E-state index is 7.95.